The molecule has 19 heavy (non-hydrogen) atoms. The minimum atomic E-state index is -4.37. The second kappa shape index (κ2) is 5.87. The summed E-state index contributed by atoms with van der Waals surface area (Å²) in [7, 11) is -3.88. The molecule has 0 bridgehead atoms. The number of halogens is 4. The van der Waals surface area contributed by atoms with Crippen molar-refractivity contribution in [2.75, 3.05) is 16.2 Å². The van der Waals surface area contributed by atoms with Gasteiger partial charge in [0.2, 0.25) is 10.0 Å². The van der Waals surface area contributed by atoms with Crippen LogP contribution in [0.4, 0.5) is 24.5 Å². The molecule has 4 nitrogen and oxygen atoms in total. The van der Waals surface area contributed by atoms with Crippen LogP contribution in [0.1, 0.15) is 12.8 Å². The van der Waals surface area contributed by atoms with E-state index in [2.05, 4.69) is 4.72 Å². The molecule has 3 N–H and O–H groups in total. The van der Waals surface area contributed by atoms with E-state index in [-0.39, 0.29) is 16.4 Å². The number of hydrogen-bond acceptors (Lipinski definition) is 3. The lowest BCUT2D eigenvalue weighted by Crippen LogP contribution is -2.19. The number of rotatable bonds is 5. The summed E-state index contributed by atoms with van der Waals surface area (Å²) >= 11 is 5.67. The van der Waals surface area contributed by atoms with Crippen molar-refractivity contribution in [2.24, 2.45) is 0 Å². The third-order valence-electron chi connectivity index (χ3n) is 2.15. The van der Waals surface area contributed by atoms with Gasteiger partial charge in [-0.15, -0.1) is 0 Å². The fourth-order valence-corrected chi connectivity index (χ4v) is 2.61. The van der Waals surface area contributed by atoms with Gasteiger partial charge in [0, 0.05) is 11.4 Å². The van der Waals surface area contributed by atoms with E-state index in [0.29, 0.717) is 0 Å². The summed E-state index contributed by atoms with van der Waals surface area (Å²) in [6.45, 7) is 0. The molecule has 0 saturated heterocycles. The van der Waals surface area contributed by atoms with E-state index < -0.39 is 34.8 Å². The molecule has 0 radical (unpaired) electrons. The number of benzene rings is 1. The number of alkyl halides is 3. The maximum Gasteiger partial charge on any atom is 0.389 e. The van der Waals surface area contributed by atoms with Crippen LogP contribution in [-0.4, -0.2) is 20.3 Å². The zero-order chi connectivity index (χ0) is 14.7. The normalized spacial score (nSPS) is 12.4. The minimum Gasteiger partial charge on any atom is -0.397 e. The highest BCUT2D eigenvalue weighted by molar-refractivity contribution is 7.92. The van der Waals surface area contributed by atoms with Gasteiger partial charge in [-0.2, -0.15) is 13.2 Å². The summed E-state index contributed by atoms with van der Waals surface area (Å²) in [5.41, 5.74) is 5.73. The first kappa shape index (κ1) is 15.9. The molecule has 1 aromatic carbocycles. The summed E-state index contributed by atoms with van der Waals surface area (Å²) in [6.07, 6.45) is -6.04. The summed E-state index contributed by atoms with van der Waals surface area (Å²) in [5, 5.41) is 0.266. The monoisotopic (exact) mass is 316 g/mol. The van der Waals surface area contributed by atoms with Crippen molar-refractivity contribution in [2.45, 2.75) is 19.0 Å². The lowest BCUT2D eigenvalue weighted by molar-refractivity contribution is -0.134. The summed E-state index contributed by atoms with van der Waals surface area (Å²) in [5.74, 6) is -0.640. The van der Waals surface area contributed by atoms with Crippen molar-refractivity contribution in [3.05, 3.63) is 23.2 Å². The van der Waals surface area contributed by atoms with Crippen molar-refractivity contribution in [1.82, 2.24) is 0 Å². The maximum absolute atomic E-state index is 11.9. The average Bonchev–Trinajstić information content (AvgIpc) is 2.20. The quantitative estimate of drug-likeness (QED) is 0.820. The Morgan fingerprint density at radius 2 is 1.95 bits per heavy atom. The van der Waals surface area contributed by atoms with Crippen LogP contribution in [0.2, 0.25) is 5.02 Å². The zero-order valence-electron chi connectivity index (χ0n) is 9.67. The minimum absolute atomic E-state index is 0.0551. The Hall–Kier alpha value is -1.15. The first-order chi connectivity index (χ1) is 8.59. The Labute approximate surface area is 113 Å². The van der Waals surface area contributed by atoms with Crippen LogP contribution in [0, 0.1) is 0 Å². The predicted octanol–water partition coefficient (Wildman–Crippen LogP) is 3.01. The molecule has 0 aliphatic carbocycles. The second-order valence-corrected chi connectivity index (χ2v) is 6.15. The molecule has 0 heterocycles. The van der Waals surface area contributed by atoms with E-state index in [0.717, 1.165) is 0 Å². The molecule has 0 unspecified atom stereocenters. The van der Waals surface area contributed by atoms with Crippen LogP contribution in [-0.2, 0) is 10.0 Å². The Kier molecular flexibility index (Phi) is 4.92. The lowest BCUT2D eigenvalue weighted by atomic mass is 10.3. The van der Waals surface area contributed by atoms with Gasteiger partial charge in [0.25, 0.3) is 0 Å². The number of hydrogen-bond donors (Lipinski definition) is 2. The molecule has 108 valence electrons. The molecule has 0 aliphatic rings. The number of nitrogen functional groups attached to an aromatic ring is 1. The van der Waals surface area contributed by atoms with E-state index in [4.69, 9.17) is 17.3 Å². The van der Waals surface area contributed by atoms with Gasteiger partial charge in [0.1, 0.15) is 0 Å². The van der Waals surface area contributed by atoms with Gasteiger partial charge in [-0.3, -0.25) is 4.72 Å². The second-order valence-electron chi connectivity index (χ2n) is 3.87. The molecule has 1 aromatic rings. The molecule has 0 spiro atoms. The van der Waals surface area contributed by atoms with Gasteiger partial charge in [-0.25, -0.2) is 8.42 Å². The highest BCUT2D eigenvalue weighted by Gasteiger charge is 2.27. The largest absolute Gasteiger partial charge is 0.397 e. The van der Waals surface area contributed by atoms with Gasteiger partial charge in [-0.1, -0.05) is 11.6 Å². The summed E-state index contributed by atoms with van der Waals surface area (Å²) in [4.78, 5) is 0. The third kappa shape index (κ3) is 6.02. The van der Waals surface area contributed by atoms with E-state index >= 15 is 0 Å². The van der Waals surface area contributed by atoms with Gasteiger partial charge in [0.15, 0.2) is 0 Å². The Morgan fingerprint density at radius 1 is 1.32 bits per heavy atom. The van der Waals surface area contributed by atoms with Crippen LogP contribution >= 0.6 is 11.6 Å². The van der Waals surface area contributed by atoms with Crippen molar-refractivity contribution in [1.29, 1.82) is 0 Å². The molecule has 0 saturated carbocycles. The lowest BCUT2D eigenvalue weighted by Gasteiger charge is -2.11. The van der Waals surface area contributed by atoms with Gasteiger partial charge in [0.05, 0.1) is 17.1 Å². The first-order valence-electron chi connectivity index (χ1n) is 5.21. The van der Waals surface area contributed by atoms with Gasteiger partial charge >= 0.3 is 6.18 Å². The summed E-state index contributed by atoms with van der Waals surface area (Å²) in [6, 6.07) is 4.16. The number of anilines is 2. The summed E-state index contributed by atoms with van der Waals surface area (Å²) < 4.78 is 61.0. The smallest absolute Gasteiger partial charge is 0.389 e. The van der Waals surface area contributed by atoms with Gasteiger partial charge in [-0.05, 0) is 24.6 Å². The topological polar surface area (TPSA) is 72.2 Å². The van der Waals surface area contributed by atoms with Crippen LogP contribution in [0.25, 0.3) is 0 Å². The molecule has 0 atom stereocenters. The van der Waals surface area contributed by atoms with Crippen molar-refractivity contribution >= 4 is 33.0 Å². The van der Waals surface area contributed by atoms with Crippen LogP contribution in [0.5, 0.6) is 0 Å². The highest BCUT2D eigenvalue weighted by atomic mass is 35.5. The fourth-order valence-electron chi connectivity index (χ4n) is 1.30. The number of sulfonamides is 1. The maximum atomic E-state index is 11.9. The fraction of sp³-hybridized carbons (Fsp3) is 0.400. The van der Waals surface area contributed by atoms with Crippen molar-refractivity contribution in [3.8, 4) is 0 Å². The van der Waals surface area contributed by atoms with E-state index in [1.807, 2.05) is 0 Å². The predicted molar refractivity (Wildman–Crippen MR) is 68.6 cm³/mol. The standard InChI is InChI=1S/C10H12ClF3N2O2S/c11-7-2-3-8(15)9(6-7)16-19(17,18)5-1-4-10(12,13)14/h2-3,6,16H,1,4-5,15H2. The molecule has 0 amide bonds. The Morgan fingerprint density at radius 3 is 2.53 bits per heavy atom. The molecule has 0 fully saturated rings. The number of nitrogens with one attached hydrogen (secondary N) is 1. The average molecular weight is 317 g/mol. The molecule has 1 rings (SSSR count). The molecular formula is C10H12ClF3N2O2S. The van der Waals surface area contributed by atoms with Crippen LogP contribution in [0.3, 0.4) is 0 Å². The molecule has 0 aromatic heterocycles. The Bertz CT molecular complexity index is 546. The molecule has 0 aliphatic heterocycles. The number of nitrogens with two attached hydrogens (primary N) is 1. The zero-order valence-corrected chi connectivity index (χ0v) is 11.2. The SMILES string of the molecule is Nc1ccc(Cl)cc1NS(=O)(=O)CCCC(F)(F)F. The molecule has 9 heteroatoms. The Balaban J connectivity index is 2.67. The highest BCUT2D eigenvalue weighted by Crippen LogP contribution is 2.25. The van der Waals surface area contributed by atoms with Crippen LogP contribution < -0.4 is 10.5 Å². The van der Waals surface area contributed by atoms with E-state index in [1.165, 1.54) is 18.2 Å². The van der Waals surface area contributed by atoms with Crippen molar-refractivity contribution < 1.29 is 21.6 Å². The first-order valence-corrected chi connectivity index (χ1v) is 7.24. The van der Waals surface area contributed by atoms with E-state index in [1.54, 1.807) is 0 Å². The van der Waals surface area contributed by atoms with Gasteiger partial charge < -0.3 is 5.73 Å². The van der Waals surface area contributed by atoms with Crippen molar-refractivity contribution in [3.63, 3.8) is 0 Å². The molecular weight excluding hydrogens is 305 g/mol. The third-order valence-corrected chi connectivity index (χ3v) is 3.75. The van der Waals surface area contributed by atoms with Crippen LogP contribution in [0.15, 0.2) is 18.2 Å². The van der Waals surface area contributed by atoms with E-state index in [9.17, 15) is 21.6 Å².